The van der Waals surface area contributed by atoms with Crippen molar-refractivity contribution in [3.8, 4) is 0 Å². The minimum Gasteiger partial charge on any atom is -0.550 e. The van der Waals surface area contributed by atoms with E-state index < -0.39 is 5.97 Å². The van der Waals surface area contributed by atoms with Crippen molar-refractivity contribution in [3.05, 3.63) is 12.2 Å². The maximum absolute atomic E-state index is 10.5. The van der Waals surface area contributed by atoms with Gasteiger partial charge in [-0.05, 0) is 59.3 Å². The fourth-order valence-electron chi connectivity index (χ4n) is 2.78. The van der Waals surface area contributed by atoms with Gasteiger partial charge >= 0.3 is 0 Å². The highest BCUT2D eigenvalue weighted by molar-refractivity contribution is 5.64. The van der Waals surface area contributed by atoms with Gasteiger partial charge in [0.05, 0.1) is 19.6 Å². The third-order valence-corrected chi connectivity index (χ3v) is 4.35. The lowest BCUT2D eigenvalue weighted by molar-refractivity contribution is -0.928. The van der Waals surface area contributed by atoms with Crippen molar-refractivity contribution in [1.29, 1.82) is 0 Å². The zero-order valence-electron chi connectivity index (χ0n) is 14.0. The summed E-state index contributed by atoms with van der Waals surface area (Å²) in [5.41, 5.74) is 0. The van der Waals surface area contributed by atoms with E-state index in [1.807, 2.05) is 13.0 Å². The molecular formula is C17H33NO3. The standard InChI is InChI=1S/C17H33NO3/c1-4-7-8-9-12-16(19)15-18(5-2,6-3)14-11-10-13-17(20)21/h4,7,16,19H,5-6,8-15H2,1-3H3/b7-4+. The number of likely N-dealkylation sites (N-methyl/N-ethyl adjacent to an activating group) is 1. The molecule has 1 N–H and O–H groups in total. The highest BCUT2D eigenvalue weighted by Crippen LogP contribution is 2.14. The monoisotopic (exact) mass is 299 g/mol. The first kappa shape index (κ1) is 20.1. The van der Waals surface area contributed by atoms with E-state index in [-0.39, 0.29) is 12.5 Å². The molecule has 21 heavy (non-hydrogen) atoms. The number of hydrogen-bond donors (Lipinski definition) is 1. The molecule has 124 valence electrons. The van der Waals surface area contributed by atoms with Crippen molar-refractivity contribution in [2.24, 2.45) is 0 Å². The first-order chi connectivity index (χ1) is 9.99. The number of carboxylic acids is 1. The number of carbonyl (C=O) groups is 1. The van der Waals surface area contributed by atoms with Gasteiger partial charge in [0.1, 0.15) is 12.6 Å². The van der Waals surface area contributed by atoms with E-state index in [9.17, 15) is 15.0 Å². The topological polar surface area (TPSA) is 60.4 Å². The van der Waals surface area contributed by atoms with Crippen LogP contribution in [0.3, 0.4) is 0 Å². The number of carboxylic acid groups (broad SMARTS) is 1. The Kier molecular flexibility index (Phi) is 11.3. The van der Waals surface area contributed by atoms with Crippen molar-refractivity contribution < 1.29 is 19.5 Å². The summed E-state index contributed by atoms with van der Waals surface area (Å²) < 4.78 is 0.873. The maximum Gasteiger partial charge on any atom is 0.105 e. The Hall–Kier alpha value is -0.870. The van der Waals surface area contributed by atoms with Gasteiger partial charge < -0.3 is 19.5 Å². The number of quaternary nitrogens is 1. The minimum absolute atomic E-state index is 0.138. The molecule has 0 aromatic rings. The molecule has 0 aliphatic carbocycles. The fraction of sp³-hybridized carbons (Fsp3) is 0.824. The van der Waals surface area contributed by atoms with Crippen molar-refractivity contribution in [2.75, 3.05) is 26.2 Å². The second kappa shape index (κ2) is 11.8. The van der Waals surface area contributed by atoms with Crippen molar-refractivity contribution >= 4 is 5.97 Å². The molecule has 0 aliphatic heterocycles. The molecule has 0 spiro atoms. The van der Waals surface area contributed by atoms with Crippen LogP contribution in [0, 0.1) is 0 Å². The summed E-state index contributed by atoms with van der Waals surface area (Å²) in [5.74, 6) is -0.967. The molecule has 0 saturated heterocycles. The average Bonchev–Trinajstić information content (AvgIpc) is 2.46. The summed E-state index contributed by atoms with van der Waals surface area (Å²) in [6.45, 7) is 9.98. The predicted octanol–water partition coefficient (Wildman–Crippen LogP) is 1.87. The van der Waals surface area contributed by atoms with Gasteiger partial charge in [0.25, 0.3) is 0 Å². The average molecular weight is 299 g/mol. The normalized spacial score (nSPS) is 13.7. The Morgan fingerprint density at radius 2 is 1.90 bits per heavy atom. The summed E-state index contributed by atoms with van der Waals surface area (Å²) in [6.07, 6.45) is 8.47. The Balaban J connectivity index is 4.20. The molecule has 4 nitrogen and oxygen atoms in total. The van der Waals surface area contributed by atoms with E-state index >= 15 is 0 Å². The van der Waals surface area contributed by atoms with Crippen LogP contribution in [0.1, 0.15) is 59.3 Å². The molecule has 0 amide bonds. The Morgan fingerprint density at radius 1 is 1.24 bits per heavy atom. The number of nitrogens with zero attached hydrogens (tertiary/aromatic N) is 1. The molecule has 0 radical (unpaired) electrons. The van der Waals surface area contributed by atoms with Crippen LogP contribution in [0.5, 0.6) is 0 Å². The van der Waals surface area contributed by atoms with E-state index in [1.165, 1.54) is 0 Å². The molecule has 0 aliphatic rings. The molecular weight excluding hydrogens is 266 g/mol. The first-order valence-electron chi connectivity index (χ1n) is 8.33. The quantitative estimate of drug-likeness (QED) is 0.321. The van der Waals surface area contributed by atoms with E-state index in [2.05, 4.69) is 19.9 Å². The number of aliphatic carboxylic acids is 1. The zero-order chi connectivity index (χ0) is 16.1. The highest BCUT2D eigenvalue weighted by Gasteiger charge is 2.26. The van der Waals surface area contributed by atoms with Gasteiger partial charge in [-0.1, -0.05) is 12.2 Å². The number of aliphatic hydroxyl groups is 1. The van der Waals surface area contributed by atoms with Gasteiger partial charge in [0.15, 0.2) is 0 Å². The van der Waals surface area contributed by atoms with Crippen LogP contribution in [0.15, 0.2) is 12.2 Å². The number of aliphatic hydroxyl groups excluding tert-OH is 1. The number of unbranched alkanes of at least 4 members (excludes halogenated alkanes) is 2. The molecule has 0 fully saturated rings. The van der Waals surface area contributed by atoms with Crippen LogP contribution in [-0.4, -0.2) is 47.8 Å². The number of hydrogen-bond acceptors (Lipinski definition) is 3. The molecule has 0 bridgehead atoms. The van der Waals surface area contributed by atoms with Crippen molar-refractivity contribution in [1.82, 2.24) is 0 Å². The number of rotatable bonds is 13. The molecule has 1 atom stereocenters. The van der Waals surface area contributed by atoms with E-state index in [4.69, 9.17) is 0 Å². The second-order valence-electron chi connectivity index (χ2n) is 5.86. The van der Waals surface area contributed by atoms with Crippen LogP contribution in [0.4, 0.5) is 0 Å². The summed E-state index contributed by atoms with van der Waals surface area (Å²) in [4.78, 5) is 10.5. The van der Waals surface area contributed by atoms with Crippen molar-refractivity contribution in [2.45, 2.75) is 65.4 Å². The number of carbonyl (C=O) groups excluding carboxylic acids is 1. The smallest absolute Gasteiger partial charge is 0.105 e. The largest absolute Gasteiger partial charge is 0.550 e. The molecule has 1 unspecified atom stereocenters. The number of allylic oxidation sites excluding steroid dienone is 2. The third kappa shape index (κ3) is 9.64. The van der Waals surface area contributed by atoms with Gasteiger partial charge in [-0.2, -0.15) is 0 Å². The Bertz CT molecular complexity index is 298. The molecule has 0 heterocycles. The predicted molar refractivity (Wildman–Crippen MR) is 84.6 cm³/mol. The lowest BCUT2D eigenvalue weighted by Gasteiger charge is -2.38. The Labute approximate surface area is 130 Å². The van der Waals surface area contributed by atoms with Gasteiger partial charge in [-0.15, -0.1) is 0 Å². The molecule has 0 aromatic carbocycles. The lowest BCUT2D eigenvalue weighted by atomic mass is 10.1. The van der Waals surface area contributed by atoms with E-state index in [0.29, 0.717) is 6.42 Å². The lowest BCUT2D eigenvalue weighted by Crippen LogP contribution is -2.52. The van der Waals surface area contributed by atoms with Gasteiger partial charge in [0, 0.05) is 5.97 Å². The first-order valence-corrected chi connectivity index (χ1v) is 8.33. The van der Waals surface area contributed by atoms with Crippen LogP contribution in [-0.2, 0) is 4.79 Å². The maximum atomic E-state index is 10.5. The third-order valence-electron chi connectivity index (χ3n) is 4.35. The van der Waals surface area contributed by atoms with Crippen molar-refractivity contribution in [3.63, 3.8) is 0 Å². The van der Waals surface area contributed by atoms with E-state index in [1.54, 1.807) is 0 Å². The van der Waals surface area contributed by atoms with Crippen LogP contribution >= 0.6 is 0 Å². The van der Waals surface area contributed by atoms with Gasteiger partial charge in [-0.25, -0.2) is 0 Å². The zero-order valence-corrected chi connectivity index (χ0v) is 14.0. The summed E-state index contributed by atoms with van der Waals surface area (Å²) in [5, 5.41) is 20.7. The minimum atomic E-state index is -0.967. The summed E-state index contributed by atoms with van der Waals surface area (Å²) in [6, 6.07) is 0. The van der Waals surface area contributed by atoms with Crippen LogP contribution in [0.25, 0.3) is 0 Å². The van der Waals surface area contributed by atoms with Gasteiger partial charge in [0.2, 0.25) is 0 Å². The molecule has 0 rings (SSSR count). The molecule has 0 saturated carbocycles. The highest BCUT2D eigenvalue weighted by atomic mass is 16.4. The van der Waals surface area contributed by atoms with E-state index in [0.717, 1.165) is 56.3 Å². The van der Waals surface area contributed by atoms with Crippen LogP contribution < -0.4 is 5.11 Å². The Morgan fingerprint density at radius 3 is 2.43 bits per heavy atom. The molecule has 0 aromatic heterocycles. The summed E-state index contributed by atoms with van der Waals surface area (Å²) in [7, 11) is 0. The van der Waals surface area contributed by atoms with Gasteiger partial charge in [-0.3, -0.25) is 0 Å². The SMILES string of the molecule is C/C=C/CCCC(O)C[N+](CC)(CC)CCCCC(=O)[O-]. The summed E-state index contributed by atoms with van der Waals surface area (Å²) >= 11 is 0. The molecule has 4 heteroatoms. The van der Waals surface area contributed by atoms with Crippen LogP contribution in [0.2, 0.25) is 0 Å². The second-order valence-corrected chi connectivity index (χ2v) is 5.86. The fourth-order valence-corrected chi connectivity index (χ4v) is 2.78.